The van der Waals surface area contributed by atoms with Crippen molar-refractivity contribution in [3.05, 3.63) is 18.2 Å². The number of nitrogens with one attached hydrogen (secondary N) is 2. The summed E-state index contributed by atoms with van der Waals surface area (Å²) in [5, 5.41) is 5.02. The molecule has 1 aromatic rings. The molecule has 0 saturated heterocycles. The third kappa shape index (κ3) is 6.83. The summed E-state index contributed by atoms with van der Waals surface area (Å²) in [6.07, 6.45) is 0.818. The van der Waals surface area contributed by atoms with Crippen LogP contribution < -0.4 is 20.1 Å². The first kappa shape index (κ1) is 19.9. The van der Waals surface area contributed by atoms with Crippen molar-refractivity contribution in [3.8, 4) is 11.5 Å². The van der Waals surface area contributed by atoms with Crippen LogP contribution in [0.3, 0.4) is 0 Å². The Balaban J connectivity index is 1.64. The minimum atomic E-state index is -0.519. The molecule has 0 aliphatic carbocycles. The summed E-state index contributed by atoms with van der Waals surface area (Å²) >= 11 is 1.27. The molecule has 1 aliphatic heterocycles. The first-order valence-electron chi connectivity index (χ1n) is 8.30. The van der Waals surface area contributed by atoms with E-state index in [0.29, 0.717) is 31.3 Å². The van der Waals surface area contributed by atoms with E-state index in [1.807, 2.05) is 13.0 Å². The molecule has 0 aromatic heterocycles. The van der Waals surface area contributed by atoms with Crippen molar-refractivity contribution in [1.82, 2.24) is 10.6 Å². The van der Waals surface area contributed by atoms with Gasteiger partial charge < -0.3 is 24.8 Å². The molecule has 26 heavy (non-hydrogen) atoms. The zero-order valence-electron chi connectivity index (χ0n) is 14.5. The van der Waals surface area contributed by atoms with Crippen molar-refractivity contribution < 1.29 is 28.6 Å². The van der Waals surface area contributed by atoms with E-state index in [1.54, 1.807) is 12.1 Å². The Morgan fingerprint density at radius 2 is 1.88 bits per heavy atom. The van der Waals surface area contributed by atoms with E-state index in [4.69, 9.17) is 14.2 Å². The van der Waals surface area contributed by atoms with Crippen LogP contribution in [0.4, 0.5) is 0 Å². The number of hydrogen-bond donors (Lipinski definition) is 2. The minimum Gasteiger partial charge on any atom is -0.486 e. The van der Waals surface area contributed by atoms with Gasteiger partial charge in [0.25, 0.3) is 5.91 Å². The second kappa shape index (κ2) is 10.5. The first-order chi connectivity index (χ1) is 12.6. The average Bonchev–Trinajstić information content (AvgIpc) is 2.67. The lowest BCUT2D eigenvalue weighted by molar-refractivity contribution is -0.146. The van der Waals surface area contributed by atoms with Gasteiger partial charge in [-0.05, 0) is 24.6 Å². The van der Waals surface area contributed by atoms with Crippen LogP contribution in [0.25, 0.3) is 0 Å². The quantitative estimate of drug-likeness (QED) is 0.479. The number of rotatable bonds is 9. The highest BCUT2D eigenvalue weighted by atomic mass is 32.2. The number of carbonyl (C=O) groups excluding carboxylic acids is 3. The Kier molecular flexibility index (Phi) is 8.07. The lowest BCUT2D eigenvalue weighted by Crippen LogP contribution is -2.39. The standard InChI is InChI=1S/C17H22N2O6S/c1-2-5-18-15(20)9-19-16(21)10-25-17(22)11-26-12-3-4-13-14(8-12)24-7-6-23-13/h3-4,8H,2,5-7,9-11H2,1H3,(H,18,20)(H,19,21). The maximum absolute atomic E-state index is 11.7. The highest BCUT2D eigenvalue weighted by molar-refractivity contribution is 8.00. The summed E-state index contributed by atoms with van der Waals surface area (Å²) in [6.45, 7) is 2.95. The molecule has 142 valence electrons. The molecular formula is C17H22N2O6S. The van der Waals surface area contributed by atoms with Crippen LogP contribution in [-0.2, 0) is 19.1 Å². The van der Waals surface area contributed by atoms with Gasteiger partial charge >= 0.3 is 5.97 Å². The molecule has 2 N–H and O–H groups in total. The molecule has 0 unspecified atom stereocenters. The Morgan fingerprint density at radius 1 is 1.12 bits per heavy atom. The Hall–Kier alpha value is -2.42. The van der Waals surface area contributed by atoms with Gasteiger partial charge in [0, 0.05) is 11.4 Å². The second-order valence-corrected chi connectivity index (χ2v) is 6.43. The van der Waals surface area contributed by atoms with Gasteiger partial charge in [-0.1, -0.05) is 6.92 Å². The fraction of sp³-hybridized carbons (Fsp3) is 0.471. The van der Waals surface area contributed by atoms with Crippen LogP contribution in [0.5, 0.6) is 11.5 Å². The third-order valence-electron chi connectivity index (χ3n) is 3.25. The number of esters is 1. The Morgan fingerprint density at radius 3 is 2.65 bits per heavy atom. The van der Waals surface area contributed by atoms with E-state index in [1.165, 1.54) is 11.8 Å². The molecule has 1 aromatic carbocycles. The van der Waals surface area contributed by atoms with Gasteiger partial charge in [-0.2, -0.15) is 0 Å². The van der Waals surface area contributed by atoms with Crippen molar-refractivity contribution in [1.29, 1.82) is 0 Å². The lowest BCUT2D eigenvalue weighted by Gasteiger charge is -2.18. The largest absolute Gasteiger partial charge is 0.486 e. The van der Waals surface area contributed by atoms with E-state index in [-0.39, 0.29) is 18.2 Å². The van der Waals surface area contributed by atoms with Gasteiger partial charge in [0.2, 0.25) is 5.91 Å². The number of fused-ring (bicyclic) bond motifs is 1. The molecule has 1 aliphatic rings. The summed E-state index contributed by atoms with van der Waals surface area (Å²) in [4.78, 5) is 35.5. The van der Waals surface area contributed by atoms with Crippen LogP contribution >= 0.6 is 11.8 Å². The minimum absolute atomic E-state index is 0.0594. The van der Waals surface area contributed by atoms with Crippen molar-refractivity contribution >= 4 is 29.5 Å². The van der Waals surface area contributed by atoms with Crippen LogP contribution in [0.2, 0.25) is 0 Å². The zero-order chi connectivity index (χ0) is 18.8. The molecule has 0 saturated carbocycles. The third-order valence-corrected chi connectivity index (χ3v) is 4.22. The smallest absolute Gasteiger partial charge is 0.316 e. The molecule has 9 heteroatoms. The van der Waals surface area contributed by atoms with Gasteiger partial charge in [-0.3, -0.25) is 14.4 Å². The SMILES string of the molecule is CCCNC(=O)CNC(=O)COC(=O)CSc1ccc2c(c1)OCCO2. The molecule has 2 amide bonds. The summed E-state index contributed by atoms with van der Waals surface area (Å²) in [7, 11) is 0. The average molecular weight is 382 g/mol. The van der Waals surface area contributed by atoms with Crippen molar-refractivity contribution in [2.45, 2.75) is 18.2 Å². The summed E-state index contributed by atoms with van der Waals surface area (Å²) in [5.74, 6) is 0.0767. The second-order valence-electron chi connectivity index (χ2n) is 5.38. The fourth-order valence-electron chi connectivity index (χ4n) is 2.00. The fourth-order valence-corrected chi connectivity index (χ4v) is 2.72. The number of thioether (sulfide) groups is 1. The van der Waals surface area contributed by atoms with E-state index in [9.17, 15) is 14.4 Å². The van der Waals surface area contributed by atoms with Crippen molar-refractivity contribution in [3.63, 3.8) is 0 Å². The molecule has 0 radical (unpaired) electrons. The molecule has 1 heterocycles. The molecule has 8 nitrogen and oxygen atoms in total. The molecule has 0 spiro atoms. The summed E-state index contributed by atoms with van der Waals surface area (Å²) in [5.41, 5.74) is 0. The molecule has 0 bridgehead atoms. The molecular weight excluding hydrogens is 360 g/mol. The summed E-state index contributed by atoms with van der Waals surface area (Å²) < 4.78 is 15.8. The number of hydrogen-bond acceptors (Lipinski definition) is 7. The van der Waals surface area contributed by atoms with Gasteiger partial charge in [0.15, 0.2) is 18.1 Å². The van der Waals surface area contributed by atoms with E-state index in [2.05, 4.69) is 10.6 Å². The number of ether oxygens (including phenoxy) is 3. The highest BCUT2D eigenvalue weighted by Gasteiger charge is 2.13. The van der Waals surface area contributed by atoms with Crippen molar-refractivity contribution in [2.24, 2.45) is 0 Å². The summed E-state index contributed by atoms with van der Waals surface area (Å²) in [6, 6.07) is 5.42. The zero-order valence-corrected chi connectivity index (χ0v) is 15.4. The van der Waals surface area contributed by atoms with Gasteiger partial charge in [-0.25, -0.2) is 0 Å². The number of carbonyl (C=O) groups is 3. The topological polar surface area (TPSA) is 103 Å². The van der Waals surface area contributed by atoms with Crippen LogP contribution in [0.15, 0.2) is 23.1 Å². The van der Waals surface area contributed by atoms with E-state index in [0.717, 1.165) is 11.3 Å². The lowest BCUT2D eigenvalue weighted by atomic mass is 10.3. The van der Waals surface area contributed by atoms with E-state index < -0.39 is 18.5 Å². The monoisotopic (exact) mass is 382 g/mol. The van der Waals surface area contributed by atoms with Gasteiger partial charge in [-0.15, -0.1) is 11.8 Å². The number of amides is 2. The van der Waals surface area contributed by atoms with E-state index >= 15 is 0 Å². The maximum atomic E-state index is 11.7. The van der Waals surface area contributed by atoms with Crippen LogP contribution in [0.1, 0.15) is 13.3 Å². The maximum Gasteiger partial charge on any atom is 0.316 e. The van der Waals surface area contributed by atoms with Gasteiger partial charge in [0.1, 0.15) is 13.2 Å². The molecule has 0 fully saturated rings. The molecule has 0 atom stereocenters. The number of benzene rings is 1. The molecule has 2 rings (SSSR count). The van der Waals surface area contributed by atoms with Crippen LogP contribution in [0, 0.1) is 0 Å². The predicted molar refractivity (Wildman–Crippen MR) is 95.4 cm³/mol. The highest BCUT2D eigenvalue weighted by Crippen LogP contribution is 2.34. The Labute approximate surface area is 155 Å². The van der Waals surface area contributed by atoms with Crippen molar-refractivity contribution in [2.75, 3.05) is 38.7 Å². The Bertz CT molecular complexity index is 652. The first-order valence-corrected chi connectivity index (χ1v) is 9.28. The predicted octanol–water partition coefficient (Wildman–Crippen LogP) is 0.735. The van der Waals surface area contributed by atoms with Gasteiger partial charge in [0.05, 0.1) is 12.3 Å². The normalized spacial score (nSPS) is 12.2. The van der Waals surface area contributed by atoms with Crippen LogP contribution in [-0.4, -0.2) is 56.4 Å².